The molecule has 0 aliphatic heterocycles. The molecule has 2 aromatic carbocycles. The highest BCUT2D eigenvalue weighted by Crippen LogP contribution is 2.27. The van der Waals surface area contributed by atoms with Gasteiger partial charge in [-0.2, -0.15) is 0 Å². The third-order valence-electron chi connectivity index (χ3n) is 2.56. The Morgan fingerprint density at radius 3 is 2.44 bits per heavy atom. The minimum absolute atomic E-state index is 0.118. The molecule has 0 radical (unpaired) electrons. The second-order valence-corrected chi connectivity index (χ2v) is 4.32. The smallest absolute Gasteiger partial charge is 0.307 e. The average molecular weight is 265 g/mol. The number of carboxylic acid groups (broad SMARTS) is 1. The van der Waals surface area contributed by atoms with Crippen molar-refractivity contribution >= 4 is 17.6 Å². The van der Waals surface area contributed by atoms with Gasteiger partial charge in [-0.25, -0.2) is 4.39 Å². The minimum Gasteiger partial charge on any atom is -0.481 e. The van der Waals surface area contributed by atoms with Gasteiger partial charge in [-0.15, -0.1) is 0 Å². The third kappa shape index (κ3) is 2.87. The molecule has 0 fully saturated rings. The van der Waals surface area contributed by atoms with Gasteiger partial charge in [0, 0.05) is 5.02 Å². The van der Waals surface area contributed by atoms with E-state index in [9.17, 15) is 9.18 Å². The lowest BCUT2D eigenvalue weighted by Crippen LogP contribution is -2.01. The predicted octanol–water partition coefficient (Wildman–Crippen LogP) is 3.77. The highest BCUT2D eigenvalue weighted by Gasteiger charge is 2.09. The molecule has 2 aromatic rings. The van der Waals surface area contributed by atoms with Crippen LogP contribution in [-0.4, -0.2) is 11.1 Å². The largest absolute Gasteiger partial charge is 0.481 e. The Hall–Kier alpha value is -1.87. The summed E-state index contributed by atoms with van der Waals surface area (Å²) < 4.78 is 12.9. The van der Waals surface area contributed by atoms with Gasteiger partial charge in [0.15, 0.2) is 0 Å². The number of halogens is 2. The van der Waals surface area contributed by atoms with E-state index in [2.05, 4.69) is 0 Å². The van der Waals surface area contributed by atoms with Crippen molar-refractivity contribution in [2.24, 2.45) is 0 Å². The Morgan fingerprint density at radius 2 is 1.83 bits per heavy atom. The molecule has 0 bridgehead atoms. The van der Waals surface area contributed by atoms with Crippen LogP contribution >= 0.6 is 11.6 Å². The van der Waals surface area contributed by atoms with Crippen LogP contribution in [0.1, 0.15) is 5.56 Å². The molecule has 0 aliphatic rings. The SMILES string of the molecule is O=C(O)Cc1cc(Cl)ccc1-c1ccc(F)cc1. The van der Waals surface area contributed by atoms with Gasteiger partial charge in [0.1, 0.15) is 5.82 Å². The number of benzene rings is 2. The first-order valence-corrected chi connectivity index (χ1v) is 5.70. The van der Waals surface area contributed by atoms with Gasteiger partial charge in [-0.1, -0.05) is 29.8 Å². The standard InChI is InChI=1S/C14H10ClFO2/c15-11-3-6-13(10(7-11)8-14(17)18)9-1-4-12(16)5-2-9/h1-7H,8H2,(H,17,18). The lowest BCUT2D eigenvalue weighted by atomic mass is 9.98. The summed E-state index contributed by atoms with van der Waals surface area (Å²) in [6, 6.07) is 11.0. The van der Waals surface area contributed by atoms with Crippen LogP contribution in [-0.2, 0) is 11.2 Å². The van der Waals surface area contributed by atoms with Crippen LogP contribution in [0, 0.1) is 5.82 Å². The van der Waals surface area contributed by atoms with Crippen molar-refractivity contribution in [3.63, 3.8) is 0 Å². The van der Waals surface area contributed by atoms with E-state index in [1.54, 1.807) is 30.3 Å². The zero-order chi connectivity index (χ0) is 13.1. The maximum absolute atomic E-state index is 12.9. The van der Waals surface area contributed by atoms with E-state index in [4.69, 9.17) is 16.7 Å². The molecule has 0 atom stereocenters. The molecule has 0 aliphatic carbocycles. The Bertz CT molecular complexity index is 579. The third-order valence-corrected chi connectivity index (χ3v) is 2.80. The molecule has 0 amide bonds. The van der Waals surface area contributed by atoms with Crippen molar-refractivity contribution in [1.29, 1.82) is 0 Å². The van der Waals surface area contributed by atoms with Crippen LogP contribution in [0.15, 0.2) is 42.5 Å². The maximum Gasteiger partial charge on any atom is 0.307 e. The summed E-state index contributed by atoms with van der Waals surface area (Å²) in [4.78, 5) is 10.8. The van der Waals surface area contributed by atoms with Gasteiger partial charge in [-0.05, 0) is 41.0 Å². The van der Waals surface area contributed by atoms with E-state index >= 15 is 0 Å². The monoisotopic (exact) mass is 264 g/mol. The summed E-state index contributed by atoms with van der Waals surface area (Å²) >= 11 is 5.86. The quantitative estimate of drug-likeness (QED) is 0.916. The van der Waals surface area contributed by atoms with Gasteiger partial charge in [0.05, 0.1) is 6.42 Å². The van der Waals surface area contributed by atoms with Gasteiger partial charge < -0.3 is 5.11 Å². The van der Waals surface area contributed by atoms with Gasteiger partial charge >= 0.3 is 5.97 Å². The first-order valence-electron chi connectivity index (χ1n) is 5.32. The summed E-state index contributed by atoms with van der Waals surface area (Å²) in [7, 11) is 0. The van der Waals surface area contributed by atoms with Crippen molar-refractivity contribution in [3.8, 4) is 11.1 Å². The Balaban J connectivity index is 2.49. The van der Waals surface area contributed by atoms with Gasteiger partial charge in [0.2, 0.25) is 0 Å². The number of aliphatic carboxylic acids is 1. The molecule has 0 heterocycles. The number of rotatable bonds is 3. The normalized spacial score (nSPS) is 10.3. The van der Waals surface area contributed by atoms with E-state index in [-0.39, 0.29) is 12.2 Å². The molecule has 0 spiro atoms. The van der Waals surface area contributed by atoms with E-state index < -0.39 is 5.97 Å². The number of carboxylic acids is 1. The van der Waals surface area contributed by atoms with Crippen molar-refractivity contribution in [2.45, 2.75) is 6.42 Å². The molecular formula is C14H10ClFO2. The van der Waals surface area contributed by atoms with Crippen LogP contribution in [0.4, 0.5) is 4.39 Å². The van der Waals surface area contributed by atoms with Crippen molar-refractivity contribution < 1.29 is 14.3 Å². The molecule has 2 nitrogen and oxygen atoms in total. The summed E-state index contributed by atoms with van der Waals surface area (Å²) in [5, 5.41) is 9.35. The van der Waals surface area contributed by atoms with Crippen LogP contribution in [0.3, 0.4) is 0 Å². The lowest BCUT2D eigenvalue weighted by Gasteiger charge is -2.08. The topological polar surface area (TPSA) is 37.3 Å². The fourth-order valence-electron chi connectivity index (χ4n) is 1.78. The highest BCUT2D eigenvalue weighted by molar-refractivity contribution is 6.30. The van der Waals surface area contributed by atoms with Gasteiger partial charge in [0.25, 0.3) is 0 Å². The Morgan fingerprint density at radius 1 is 1.17 bits per heavy atom. The number of hydrogen-bond acceptors (Lipinski definition) is 1. The molecule has 1 N–H and O–H groups in total. The van der Waals surface area contributed by atoms with Gasteiger partial charge in [-0.3, -0.25) is 4.79 Å². The van der Waals surface area contributed by atoms with Crippen LogP contribution in [0.5, 0.6) is 0 Å². The first kappa shape index (κ1) is 12.6. The van der Waals surface area contributed by atoms with Crippen molar-refractivity contribution in [3.05, 3.63) is 58.9 Å². The fraction of sp³-hybridized carbons (Fsp3) is 0.0714. The summed E-state index contributed by atoms with van der Waals surface area (Å²) in [6.07, 6.45) is -0.118. The molecule has 0 unspecified atom stereocenters. The molecule has 0 saturated heterocycles. The molecule has 0 saturated carbocycles. The molecular weight excluding hydrogens is 255 g/mol. The lowest BCUT2D eigenvalue weighted by molar-refractivity contribution is -0.136. The molecule has 18 heavy (non-hydrogen) atoms. The van der Waals surface area contributed by atoms with E-state index in [1.807, 2.05) is 0 Å². The molecule has 4 heteroatoms. The second-order valence-electron chi connectivity index (χ2n) is 3.88. The maximum atomic E-state index is 12.9. The van der Waals surface area contributed by atoms with E-state index in [0.29, 0.717) is 10.6 Å². The Labute approximate surface area is 109 Å². The first-order chi connectivity index (χ1) is 8.56. The molecule has 2 rings (SSSR count). The van der Waals surface area contributed by atoms with Crippen molar-refractivity contribution in [1.82, 2.24) is 0 Å². The second kappa shape index (κ2) is 5.19. The summed E-state index contributed by atoms with van der Waals surface area (Å²) in [6.45, 7) is 0. The predicted molar refractivity (Wildman–Crippen MR) is 68.2 cm³/mol. The fourth-order valence-corrected chi connectivity index (χ4v) is 1.98. The van der Waals surface area contributed by atoms with Crippen LogP contribution in [0.2, 0.25) is 5.02 Å². The Kier molecular flexibility index (Phi) is 3.63. The number of hydrogen-bond donors (Lipinski definition) is 1. The zero-order valence-corrected chi connectivity index (χ0v) is 10.1. The summed E-state index contributed by atoms with van der Waals surface area (Å²) in [5.41, 5.74) is 2.13. The zero-order valence-electron chi connectivity index (χ0n) is 9.36. The average Bonchev–Trinajstić information content (AvgIpc) is 2.30. The minimum atomic E-state index is -0.930. The van der Waals surface area contributed by atoms with E-state index in [1.165, 1.54) is 12.1 Å². The molecule has 0 aromatic heterocycles. The van der Waals surface area contributed by atoms with Crippen molar-refractivity contribution in [2.75, 3.05) is 0 Å². The van der Waals surface area contributed by atoms with Crippen LogP contribution in [0.25, 0.3) is 11.1 Å². The van der Waals surface area contributed by atoms with Crippen LogP contribution < -0.4 is 0 Å². The van der Waals surface area contributed by atoms with E-state index in [0.717, 1.165) is 11.1 Å². The number of carbonyl (C=O) groups is 1. The highest BCUT2D eigenvalue weighted by atomic mass is 35.5. The molecule has 92 valence electrons. The summed E-state index contributed by atoms with van der Waals surface area (Å²) in [5.74, 6) is -1.26.